The predicted octanol–water partition coefficient (Wildman–Crippen LogP) is 5.25. The molecule has 7 atom stereocenters. The summed E-state index contributed by atoms with van der Waals surface area (Å²) in [6.45, 7) is 9.38. The number of rotatable bonds is 7. The number of fused-ring (bicyclic) bond motifs is 1. The van der Waals surface area contributed by atoms with Crippen molar-refractivity contribution in [3.63, 3.8) is 0 Å². The average Bonchev–Trinajstić information content (AvgIpc) is 3.15. The number of benzene rings is 2. The Bertz CT molecular complexity index is 1250. The highest BCUT2D eigenvalue weighted by Crippen LogP contribution is 2.68. The summed E-state index contributed by atoms with van der Waals surface area (Å²) in [5, 5.41) is 12.1. The zero-order chi connectivity index (χ0) is 28.8. The maximum absolute atomic E-state index is 13.3. The Morgan fingerprint density at radius 2 is 1.62 bits per heavy atom. The molecule has 1 saturated heterocycles. The molecule has 214 valence electrons. The summed E-state index contributed by atoms with van der Waals surface area (Å²) in [6, 6.07) is 19.3. The van der Waals surface area contributed by atoms with Gasteiger partial charge < -0.3 is 24.1 Å². The molecule has 2 aromatic rings. The summed E-state index contributed by atoms with van der Waals surface area (Å²) in [6.07, 6.45) is 2.27. The van der Waals surface area contributed by atoms with Crippen molar-refractivity contribution >= 4 is 18.0 Å². The summed E-state index contributed by atoms with van der Waals surface area (Å²) < 4.78 is 25.6. The molecule has 1 N–H and O–H groups in total. The Morgan fingerprint density at radius 3 is 2.27 bits per heavy atom. The van der Waals surface area contributed by atoms with Crippen LogP contribution in [0.1, 0.15) is 65.0 Å². The van der Waals surface area contributed by atoms with Gasteiger partial charge in [-0.3, -0.25) is 4.79 Å². The van der Waals surface area contributed by atoms with E-state index in [0.29, 0.717) is 12.8 Å². The van der Waals surface area contributed by atoms with Crippen LogP contribution in [0.3, 0.4) is 0 Å². The first-order valence-corrected chi connectivity index (χ1v) is 14.1. The molecule has 0 radical (unpaired) electrons. The third-order valence-electron chi connectivity index (χ3n) is 9.45. The molecule has 7 heteroatoms. The largest absolute Gasteiger partial charge is 0.460 e. The zero-order valence-electron chi connectivity index (χ0n) is 24.0. The second-order valence-corrected chi connectivity index (χ2v) is 12.5. The molecule has 2 bridgehead atoms. The van der Waals surface area contributed by atoms with E-state index in [9.17, 15) is 14.7 Å². The molecule has 2 aromatic carbocycles. The van der Waals surface area contributed by atoms with E-state index in [-0.39, 0.29) is 18.9 Å². The van der Waals surface area contributed by atoms with Gasteiger partial charge in [-0.25, -0.2) is 4.79 Å². The van der Waals surface area contributed by atoms with Gasteiger partial charge >= 0.3 is 11.9 Å². The third-order valence-corrected chi connectivity index (χ3v) is 9.45. The minimum atomic E-state index is -1.38. The number of aliphatic hydroxyl groups is 1. The maximum atomic E-state index is 13.3. The van der Waals surface area contributed by atoms with Gasteiger partial charge in [-0.05, 0) is 56.7 Å². The van der Waals surface area contributed by atoms with E-state index >= 15 is 0 Å². The van der Waals surface area contributed by atoms with Gasteiger partial charge in [-0.15, -0.1) is 0 Å². The Hall–Kier alpha value is -3.00. The van der Waals surface area contributed by atoms with E-state index in [0.717, 1.165) is 11.1 Å². The second-order valence-electron chi connectivity index (χ2n) is 12.5. The summed E-state index contributed by atoms with van der Waals surface area (Å²) in [5.74, 6) is -0.905. The van der Waals surface area contributed by atoms with Crippen molar-refractivity contribution < 1.29 is 33.6 Å². The van der Waals surface area contributed by atoms with Crippen LogP contribution in [0.2, 0.25) is 0 Å². The SMILES string of the molecule is CC(=O)O[C@@H]1C[C@](C)(O)[C@@]23C[C@@H](C[C@H](OC(=O)/C=C/c4ccccc4)[C@]2(C)[C@H]1OCc1ccccc1)C(C)(C)O3. The van der Waals surface area contributed by atoms with E-state index in [1.165, 1.54) is 13.0 Å². The van der Waals surface area contributed by atoms with Gasteiger partial charge in [-0.1, -0.05) is 67.6 Å². The molecule has 0 aromatic heterocycles. The van der Waals surface area contributed by atoms with Crippen LogP contribution >= 0.6 is 0 Å². The first kappa shape index (κ1) is 28.5. The van der Waals surface area contributed by atoms with Crippen LogP contribution < -0.4 is 0 Å². The van der Waals surface area contributed by atoms with Crippen molar-refractivity contribution in [3.8, 4) is 0 Å². The van der Waals surface area contributed by atoms with Crippen LogP contribution in [0.15, 0.2) is 66.7 Å². The van der Waals surface area contributed by atoms with Crippen molar-refractivity contribution in [3.05, 3.63) is 77.9 Å². The van der Waals surface area contributed by atoms with Crippen LogP contribution in [-0.4, -0.2) is 52.2 Å². The molecule has 7 nitrogen and oxygen atoms in total. The minimum Gasteiger partial charge on any atom is -0.460 e. The fourth-order valence-corrected chi connectivity index (χ4v) is 7.44. The molecule has 40 heavy (non-hydrogen) atoms. The lowest BCUT2D eigenvalue weighted by molar-refractivity contribution is -0.331. The van der Waals surface area contributed by atoms with E-state index < -0.39 is 52.5 Å². The quantitative estimate of drug-likeness (QED) is 0.373. The van der Waals surface area contributed by atoms with E-state index in [1.807, 2.05) is 81.4 Å². The Morgan fingerprint density at radius 1 is 0.975 bits per heavy atom. The van der Waals surface area contributed by atoms with Crippen LogP contribution in [0.4, 0.5) is 0 Å². The molecule has 1 aliphatic heterocycles. The lowest BCUT2D eigenvalue weighted by Crippen LogP contribution is -2.77. The van der Waals surface area contributed by atoms with Gasteiger partial charge in [0.1, 0.15) is 23.9 Å². The fourth-order valence-electron chi connectivity index (χ4n) is 7.44. The second kappa shape index (κ2) is 10.4. The topological polar surface area (TPSA) is 91.3 Å². The summed E-state index contributed by atoms with van der Waals surface area (Å²) >= 11 is 0. The number of carbonyl (C=O) groups is 2. The third kappa shape index (κ3) is 4.89. The van der Waals surface area contributed by atoms with Gasteiger partial charge in [0.05, 0.1) is 23.2 Å². The van der Waals surface area contributed by atoms with Gasteiger partial charge in [0.2, 0.25) is 0 Å². The van der Waals surface area contributed by atoms with Crippen LogP contribution in [0.25, 0.3) is 6.08 Å². The number of esters is 2. The van der Waals surface area contributed by atoms with Crippen molar-refractivity contribution in [2.45, 2.75) is 95.6 Å². The van der Waals surface area contributed by atoms with Gasteiger partial charge in [0.25, 0.3) is 0 Å². The number of carbonyl (C=O) groups excluding carboxylic acids is 2. The molecule has 1 spiro atoms. The van der Waals surface area contributed by atoms with Crippen LogP contribution in [0.5, 0.6) is 0 Å². The first-order valence-electron chi connectivity index (χ1n) is 14.1. The Labute approximate surface area is 236 Å². The molecule has 0 amide bonds. The summed E-state index contributed by atoms with van der Waals surface area (Å²) in [5.41, 5.74) is -2.24. The van der Waals surface area contributed by atoms with Crippen molar-refractivity contribution in [1.29, 1.82) is 0 Å². The van der Waals surface area contributed by atoms with Crippen molar-refractivity contribution in [1.82, 2.24) is 0 Å². The number of hydrogen-bond donors (Lipinski definition) is 1. The standard InChI is InChI=1S/C33H40O7/c1-22(34)38-26-20-31(4,36)33-19-25(30(2,3)40-33)18-27(39-28(35)17-16-23-12-8-6-9-13-23)32(33,5)29(26)37-21-24-14-10-7-11-15-24/h6-17,25-27,29,36H,18-21H2,1-5H3/b17-16+/t25-,26-,27+,29+,31+,32-,33+/m1/s1. The zero-order valence-corrected chi connectivity index (χ0v) is 24.0. The highest BCUT2D eigenvalue weighted by molar-refractivity contribution is 5.87. The smallest absolute Gasteiger partial charge is 0.331 e. The Balaban J connectivity index is 1.55. The van der Waals surface area contributed by atoms with Gasteiger partial charge in [0.15, 0.2) is 0 Å². The summed E-state index contributed by atoms with van der Waals surface area (Å²) in [4.78, 5) is 25.5. The van der Waals surface area contributed by atoms with E-state index in [1.54, 1.807) is 13.0 Å². The molecule has 2 saturated carbocycles. The maximum Gasteiger partial charge on any atom is 0.331 e. The van der Waals surface area contributed by atoms with E-state index in [2.05, 4.69) is 0 Å². The van der Waals surface area contributed by atoms with Crippen molar-refractivity contribution in [2.75, 3.05) is 0 Å². The molecular weight excluding hydrogens is 508 g/mol. The molecular formula is C33H40O7. The lowest BCUT2D eigenvalue weighted by atomic mass is 9.48. The Kier molecular flexibility index (Phi) is 7.44. The van der Waals surface area contributed by atoms with E-state index in [4.69, 9.17) is 18.9 Å². The average molecular weight is 549 g/mol. The molecule has 1 heterocycles. The minimum absolute atomic E-state index is 0.0444. The molecule has 5 rings (SSSR count). The fraction of sp³-hybridized carbons (Fsp3) is 0.515. The molecule has 0 unspecified atom stereocenters. The first-order chi connectivity index (χ1) is 18.9. The number of ether oxygens (including phenoxy) is 4. The molecule has 3 aliphatic rings. The van der Waals surface area contributed by atoms with Crippen molar-refractivity contribution in [2.24, 2.45) is 11.3 Å². The normalized spacial score (nSPS) is 36.1. The highest BCUT2D eigenvalue weighted by Gasteiger charge is 2.78. The van der Waals surface area contributed by atoms with Gasteiger partial charge in [-0.2, -0.15) is 0 Å². The predicted molar refractivity (Wildman–Crippen MR) is 150 cm³/mol. The van der Waals surface area contributed by atoms with Crippen LogP contribution in [0, 0.1) is 11.3 Å². The van der Waals surface area contributed by atoms with Crippen LogP contribution in [-0.2, 0) is 35.1 Å². The highest BCUT2D eigenvalue weighted by atomic mass is 16.6. The summed E-state index contributed by atoms with van der Waals surface area (Å²) in [7, 11) is 0. The monoisotopic (exact) mass is 548 g/mol. The number of hydrogen-bond acceptors (Lipinski definition) is 7. The lowest BCUT2D eigenvalue weighted by Gasteiger charge is -2.64. The van der Waals surface area contributed by atoms with Gasteiger partial charge in [0, 0.05) is 19.4 Å². The molecule has 3 fully saturated rings. The molecule has 2 aliphatic carbocycles.